The molecule has 2 unspecified atom stereocenters. The highest BCUT2D eigenvalue weighted by atomic mass is 16.6. The second-order valence-corrected chi connectivity index (χ2v) is 7.56. The van der Waals surface area contributed by atoms with Gasteiger partial charge in [0.1, 0.15) is 11.0 Å². The molecule has 152 valence electrons. The number of carbonyl (C=O) groups excluding carboxylic acids is 2. The van der Waals surface area contributed by atoms with E-state index in [2.05, 4.69) is 10.2 Å². The van der Waals surface area contributed by atoms with Gasteiger partial charge in [-0.2, -0.15) is 0 Å². The molecule has 1 N–H and O–H groups in total. The minimum absolute atomic E-state index is 0.0236. The third-order valence-corrected chi connectivity index (χ3v) is 5.92. The number of rotatable bonds is 4. The van der Waals surface area contributed by atoms with Crippen molar-refractivity contribution in [2.75, 3.05) is 45.8 Å². The second-order valence-electron chi connectivity index (χ2n) is 7.56. The smallest absolute Gasteiger partial charge is 0.395 e. The van der Waals surface area contributed by atoms with Gasteiger partial charge in [0.05, 0.1) is 6.07 Å². The Morgan fingerprint density at radius 3 is 2.64 bits per heavy atom. The summed E-state index contributed by atoms with van der Waals surface area (Å²) in [5.74, 6) is -1.04. The fraction of sp³-hybridized carbons (Fsp3) is 0.667. The molecule has 2 atom stereocenters. The van der Waals surface area contributed by atoms with Crippen LogP contribution < -0.4 is 5.32 Å². The van der Waals surface area contributed by atoms with Gasteiger partial charge in [0.2, 0.25) is 5.91 Å². The van der Waals surface area contributed by atoms with E-state index in [9.17, 15) is 19.7 Å². The molecule has 4 rings (SSSR count). The molecule has 0 radical (unpaired) electrons. The highest BCUT2D eigenvalue weighted by Gasteiger charge is 2.40. The van der Waals surface area contributed by atoms with Crippen molar-refractivity contribution in [2.45, 2.75) is 31.3 Å². The Balaban J connectivity index is 1.40. The van der Waals surface area contributed by atoms with Crippen LogP contribution in [0.4, 0.5) is 5.88 Å². The molecule has 1 aromatic rings. The van der Waals surface area contributed by atoms with E-state index in [-0.39, 0.29) is 11.7 Å². The largest absolute Gasteiger partial charge is 0.433 e. The van der Waals surface area contributed by atoms with Crippen molar-refractivity contribution in [2.24, 2.45) is 0 Å². The number of furan rings is 1. The molecule has 28 heavy (non-hydrogen) atoms. The Labute approximate surface area is 162 Å². The van der Waals surface area contributed by atoms with Gasteiger partial charge < -0.3 is 19.5 Å². The molecular formula is C18H25N5O5. The Kier molecular flexibility index (Phi) is 5.31. The highest BCUT2D eigenvalue weighted by Crippen LogP contribution is 2.26. The van der Waals surface area contributed by atoms with E-state index in [1.807, 2.05) is 4.90 Å². The molecule has 1 aromatic heterocycles. The number of hydrogen-bond donors (Lipinski definition) is 1. The summed E-state index contributed by atoms with van der Waals surface area (Å²) in [6.07, 6.45) is 2.30. The quantitative estimate of drug-likeness (QED) is 0.580. The molecule has 10 nitrogen and oxygen atoms in total. The molecule has 3 saturated heterocycles. The summed E-state index contributed by atoms with van der Waals surface area (Å²) in [5.41, 5.74) is 0. The molecule has 3 fully saturated rings. The highest BCUT2D eigenvalue weighted by molar-refractivity contribution is 5.96. The number of piperazine rings is 1. The average molecular weight is 391 g/mol. The van der Waals surface area contributed by atoms with E-state index < -0.39 is 22.8 Å². The third kappa shape index (κ3) is 3.61. The first-order chi connectivity index (χ1) is 13.5. The molecule has 0 spiro atoms. The Morgan fingerprint density at radius 1 is 1.14 bits per heavy atom. The van der Waals surface area contributed by atoms with Crippen molar-refractivity contribution in [3.63, 3.8) is 0 Å². The first-order valence-electron chi connectivity index (χ1n) is 9.83. The van der Waals surface area contributed by atoms with Gasteiger partial charge in [-0.05, 0) is 25.3 Å². The molecule has 0 aliphatic carbocycles. The number of amides is 2. The third-order valence-electron chi connectivity index (χ3n) is 5.92. The van der Waals surface area contributed by atoms with Crippen molar-refractivity contribution in [1.82, 2.24) is 20.0 Å². The van der Waals surface area contributed by atoms with E-state index in [0.29, 0.717) is 32.1 Å². The maximum Gasteiger partial charge on any atom is 0.433 e. The second kappa shape index (κ2) is 7.88. The van der Waals surface area contributed by atoms with Crippen LogP contribution in [-0.2, 0) is 4.79 Å². The topological polar surface area (TPSA) is 112 Å². The Bertz CT molecular complexity index is 759. The van der Waals surface area contributed by atoms with Gasteiger partial charge in [0, 0.05) is 51.9 Å². The summed E-state index contributed by atoms with van der Waals surface area (Å²) < 4.78 is 5.04. The number of likely N-dealkylation sites (tertiary alicyclic amines) is 2. The van der Waals surface area contributed by atoms with Gasteiger partial charge in [-0.25, -0.2) is 0 Å². The standard InChI is InChI=1S/C18H25N5O5/c24-17(21-9-5-13(12-21)20-10-6-19-7-11-20)14-2-1-8-22(14)18(25)15-3-4-16(28-15)23(26)27/h3-4,13-14,19H,1-2,5-12H2. The van der Waals surface area contributed by atoms with E-state index in [4.69, 9.17) is 4.42 Å². The maximum atomic E-state index is 13.1. The molecular weight excluding hydrogens is 366 g/mol. The molecule has 3 aliphatic heterocycles. The Morgan fingerprint density at radius 2 is 1.93 bits per heavy atom. The number of hydrogen-bond acceptors (Lipinski definition) is 7. The van der Waals surface area contributed by atoms with Crippen LogP contribution in [0.25, 0.3) is 0 Å². The zero-order chi connectivity index (χ0) is 19.7. The van der Waals surface area contributed by atoms with E-state index in [1.54, 1.807) is 0 Å². The molecule has 10 heteroatoms. The van der Waals surface area contributed by atoms with Gasteiger partial charge in [-0.15, -0.1) is 0 Å². The molecule has 2 amide bonds. The zero-order valence-electron chi connectivity index (χ0n) is 15.7. The van der Waals surface area contributed by atoms with Gasteiger partial charge in [0.25, 0.3) is 5.91 Å². The number of carbonyl (C=O) groups is 2. The van der Waals surface area contributed by atoms with Crippen LogP contribution in [0.15, 0.2) is 16.5 Å². The number of nitrogens with zero attached hydrogens (tertiary/aromatic N) is 4. The predicted molar refractivity (Wildman–Crippen MR) is 98.8 cm³/mol. The lowest BCUT2D eigenvalue weighted by Gasteiger charge is -2.33. The fourth-order valence-electron chi connectivity index (χ4n) is 4.45. The first kappa shape index (κ1) is 18.9. The van der Waals surface area contributed by atoms with Crippen LogP contribution >= 0.6 is 0 Å². The summed E-state index contributed by atoms with van der Waals surface area (Å²) in [6, 6.07) is 2.33. The predicted octanol–water partition coefficient (Wildman–Crippen LogP) is 0.299. The van der Waals surface area contributed by atoms with Crippen molar-refractivity contribution >= 4 is 17.7 Å². The first-order valence-corrected chi connectivity index (χ1v) is 9.83. The SMILES string of the molecule is O=C(C1CCCN1C(=O)c1ccc([N+](=O)[O-])o1)N1CCC(N2CCNCC2)C1. The fourth-order valence-corrected chi connectivity index (χ4v) is 4.45. The lowest BCUT2D eigenvalue weighted by atomic mass is 10.2. The normalized spacial score (nSPS) is 26.0. The van der Waals surface area contributed by atoms with Crippen LogP contribution in [-0.4, -0.2) is 89.3 Å². The van der Waals surface area contributed by atoms with Gasteiger partial charge in [-0.3, -0.25) is 24.6 Å². The molecule has 0 bridgehead atoms. The summed E-state index contributed by atoms with van der Waals surface area (Å²) in [4.78, 5) is 41.8. The minimum Gasteiger partial charge on any atom is -0.395 e. The van der Waals surface area contributed by atoms with Crippen molar-refractivity contribution < 1.29 is 18.9 Å². The van der Waals surface area contributed by atoms with Crippen molar-refractivity contribution in [1.29, 1.82) is 0 Å². The van der Waals surface area contributed by atoms with Crippen LogP contribution in [0.3, 0.4) is 0 Å². The lowest BCUT2D eigenvalue weighted by molar-refractivity contribution is -0.402. The van der Waals surface area contributed by atoms with Crippen molar-refractivity contribution in [3.8, 4) is 0 Å². The minimum atomic E-state index is -0.677. The van der Waals surface area contributed by atoms with Gasteiger partial charge in [0.15, 0.2) is 5.76 Å². The van der Waals surface area contributed by atoms with Crippen LogP contribution in [0.1, 0.15) is 29.8 Å². The average Bonchev–Trinajstić information content (AvgIpc) is 3.48. The molecule has 3 aliphatic rings. The van der Waals surface area contributed by atoms with Crippen LogP contribution in [0, 0.1) is 10.1 Å². The van der Waals surface area contributed by atoms with E-state index in [0.717, 1.165) is 39.0 Å². The number of nitro groups is 1. The summed E-state index contributed by atoms with van der Waals surface area (Å²) in [5, 5.41) is 14.1. The van der Waals surface area contributed by atoms with E-state index in [1.165, 1.54) is 17.0 Å². The van der Waals surface area contributed by atoms with Crippen LogP contribution in [0.2, 0.25) is 0 Å². The van der Waals surface area contributed by atoms with Gasteiger partial charge >= 0.3 is 5.88 Å². The summed E-state index contributed by atoms with van der Waals surface area (Å²) in [6.45, 7) is 5.81. The van der Waals surface area contributed by atoms with Crippen molar-refractivity contribution in [3.05, 3.63) is 28.0 Å². The lowest BCUT2D eigenvalue weighted by Crippen LogP contribution is -2.51. The van der Waals surface area contributed by atoms with Gasteiger partial charge in [-0.1, -0.05) is 0 Å². The monoisotopic (exact) mass is 391 g/mol. The Hall–Kier alpha value is -2.46. The van der Waals surface area contributed by atoms with E-state index >= 15 is 0 Å². The molecule has 4 heterocycles. The zero-order valence-corrected chi connectivity index (χ0v) is 15.7. The molecule has 0 saturated carbocycles. The summed E-state index contributed by atoms with van der Waals surface area (Å²) >= 11 is 0. The maximum absolute atomic E-state index is 13.1. The summed E-state index contributed by atoms with van der Waals surface area (Å²) in [7, 11) is 0. The number of nitrogens with one attached hydrogen (secondary N) is 1. The van der Waals surface area contributed by atoms with Crippen LogP contribution in [0.5, 0.6) is 0 Å². The molecule has 0 aromatic carbocycles.